The molecule has 5 heteroatoms. The zero-order valence-corrected chi connectivity index (χ0v) is 16.7. The number of hydrogen-bond acceptors (Lipinski definition) is 3. The van der Waals surface area contributed by atoms with Gasteiger partial charge in [0.25, 0.3) is 0 Å². The van der Waals surface area contributed by atoms with Gasteiger partial charge in [0.1, 0.15) is 6.04 Å². The summed E-state index contributed by atoms with van der Waals surface area (Å²) in [5.41, 5.74) is 3.28. The molecular formula is C23H29N3O2. The molecule has 2 amide bonds. The van der Waals surface area contributed by atoms with E-state index in [-0.39, 0.29) is 17.9 Å². The molecule has 28 heavy (non-hydrogen) atoms. The second kappa shape index (κ2) is 9.51. The Balaban J connectivity index is 1.56. The standard InChI is InChI=1S/C23H29N3O2/c1-25(2)17-20-11-6-10-19(14-20)16-24-23(28)21-12-7-13-26(21)22(27)15-18-8-4-3-5-9-18/h3-6,8-11,14,21H,7,12-13,15-17H2,1-2H3,(H,24,28). The molecule has 0 spiro atoms. The van der Waals surface area contributed by atoms with E-state index >= 15 is 0 Å². The van der Waals surface area contributed by atoms with Crippen LogP contribution in [0.3, 0.4) is 0 Å². The van der Waals surface area contributed by atoms with E-state index in [1.807, 2.05) is 56.6 Å². The summed E-state index contributed by atoms with van der Waals surface area (Å²) in [6, 6.07) is 17.6. The van der Waals surface area contributed by atoms with Crippen LogP contribution in [0.1, 0.15) is 29.5 Å². The Bertz CT molecular complexity index is 805. The molecule has 1 aliphatic rings. The van der Waals surface area contributed by atoms with E-state index in [0.717, 1.165) is 30.5 Å². The topological polar surface area (TPSA) is 52.7 Å². The highest BCUT2D eigenvalue weighted by Gasteiger charge is 2.33. The van der Waals surface area contributed by atoms with Gasteiger partial charge in [-0.05, 0) is 43.6 Å². The Morgan fingerprint density at radius 3 is 2.50 bits per heavy atom. The monoisotopic (exact) mass is 379 g/mol. The smallest absolute Gasteiger partial charge is 0.243 e. The van der Waals surface area contributed by atoms with Crippen LogP contribution in [0.5, 0.6) is 0 Å². The van der Waals surface area contributed by atoms with Gasteiger partial charge in [0.2, 0.25) is 11.8 Å². The molecule has 0 saturated carbocycles. The molecule has 2 aromatic carbocycles. The predicted molar refractivity (Wildman–Crippen MR) is 111 cm³/mol. The van der Waals surface area contributed by atoms with E-state index in [1.54, 1.807) is 4.90 Å². The zero-order chi connectivity index (χ0) is 19.9. The zero-order valence-electron chi connectivity index (χ0n) is 16.7. The Labute approximate surface area is 167 Å². The Morgan fingerprint density at radius 1 is 1.04 bits per heavy atom. The molecule has 5 nitrogen and oxygen atoms in total. The van der Waals surface area contributed by atoms with Crippen molar-refractivity contribution >= 4 is 11.8 Å². The largest absolute Gasteiger partial charge is 0.350 e. The van der Waals surface area contributed by atoms with Gasteiger partial charge < -0.3 is 15.1 Å². The number of carbonyl (C=O) groups is 2. The van der Waals surface area contributed by atoms with E-state index in [0.29, 0.717) is 19.5 Å². The molecule has 3 rings (SSSR count). The van der Waals surface area contributed by atoms with Gasteiger partial charge in [-0.15, -0.1) is 0 Å². The lowest BCUT2D eigenvalue weighted by atomic mass is 10.1. The third kappa shape index (κ3) is 5.42. The average molecular weight is 380 g/mol. The van der Waals surface area contributed by atoms with Crippen LogP contribution in [0.2, 0.25) is 0 Å². The number of nitrogens with zero attached hydrogens (tertiary/aromatic N) is 2. The Morgan fingerprint density at radius 2 is 1.75 bits per heavy atom. The SMILES string of the molecule is CN(C)Cc1cccc(CNC(=O)C2CCCN2C(=O)Cc2ccccc2)c1. The minimum atomic E-state index is -0.360. The summed E-state index contributed by atoms with van der Waals surface area (Å²) < 4.78 is 0. The molecule has 1 fully saturated rings. The van der Waals surface area contributed by atoms with E-state index in [2.05, 4.69) is 22.3 Å². The molecule has 0 aromatic heterocycles. The molecule has 0 aliphatic carbocycles. The highest BCUT2D eigenvalue weighted by atomic mass is 16.2. The number of nitrogens with one attached hydrogen (secondary N) is 1. The van der Waals surface area contributed by atoms with Gasteiger partial charge in [0.15, 0.2) is 0 Å². The quantitative estimate of drug-likeness (QED) is 0.805. The maximum absolute atomic E-state index is 12.7. The van der Waals surface area contributed by atoms with Crippen molar-refractivity contribution < 1.29 is 9.59 Å². The summed E-state index contributed by atoms with van der Waals surface area (Å²) in [6.45, 7) is 2.01. The average Bonchev–Trinajstić information content (AvgIpc) is 3.17. The Kier molecular flexibility index (Phi) is 6.82. The van der Waals surface area contributed by atoms with E-state index in [1.165, 1.54) is 5.56 Å². The summed E-state index contributed by atoms with van der Waals surface area (Å²) in [6.07, 6.45) is 1.95. The van der Waals surface area contributed by atoms with E-state index in [4.69, 9.17) is 0 Å². The third-order valence-corrected chi connectivity index (χ3v) is 5.03. The van der Waals surface area contributed by atoms with Crippen LogP contribution in [-0.4, -0.2) is 48.3 Å². The first-order valence-electron chi connectivity index (χ1n) is 9.86. The second-order valence-electron chi connectivity index (χ2n) is 7.68. The van der Waals surface area contributed by atoms with Crippen molar-refractivity contribution in [2.24, 2.45) is 0 Å². The molecular weight excluding hydrogens is 350 g/mol. The molecule has 0 radical (unpaired) electrons. The molecule has 1 aliphatic heterocycles. The second-order valence-corrected chi connectivity index (χ2v) is 7.68. The van der Waals surface area contributed by atoms with Crippen LogP contribution < -0.4 is 5.32 Å². The number of carbonyl (C=O) groups excluding carboxylic acids is 2. The summed E-state index contributed by atoms with van der Waals surface area (Å²) >= 11 is 0. The lowest BCUT2D eigenvalue weighted by Crippen LogP contribution is -2.46. The lowest BCUT2D eigenvalue weighted by molar-refractivity contribution is -0.138. The van der Waals surface area contributed by atoms with Gasteiger partial charge in [-0.3, -0.25) is 9.59 Å². The summed E-state index contributed by atoms with van der Waals surface area (Å²) in [7, 11) is 4.07. The summed E-state index contributed by atoms with van der Waals surface area (Å²) in [5, 5.41) is 3.02. The highest BCUT2D eigenvalue weighted by molar-refractivity contribution is 5.89. The van der Waals surface area contributed by atoms with Gasteiger partial charge in [0.05, 0.1) is 6.42 Å². The first-order valence-corrected chi connectivity index (χ1v) is 9.86. The van der Waals surface area contributed by atoms with Crippen molar-refractivity contribution in [1.82, 2.24) is 15.1 Å². The maximum atomic E-state index is 12.7. The van der Waals surface area contributed by atoms with E-state index in [9.17, 15) is 9.59 Å². The number of amides is 2. The minimum absolute atomic E-state index is 0.0248. The molecule has 1 heterocycles. The third-order valence-electron chi connectivity index (χ3n) is 5.03. The molecule has 1 unspecified atom stereocenters. The van der Waals surface area contributed by atoms with Crippen molar-refractivity contribution in [2.45, 2.75) is 38.4 Å². The fourth-order valence-electron chi connectivity index (χ4n) is 3.72. The fourth-order valence-corrected chi connectivity index (χ4v) is 3.72. The van der Waals surface area contributed by atoms with Gasteiger partial charge in [-0.25, -0.2) is 0 Å². The van der Waals surface area contributed by atoms with E-state index < -0.39 is 0 Å². The predicted octanol–water partition coefficient (Wildman–Crippen LogP) is 2.60. The Hall–Kier alpha value is -2.66. The highest BCUT2D eigenvalue weighted by Crippen LogP contribution is 2.19. The molecule has 148 valence electrons. The van der Waals surface area contributed by atoms with Crippen molar-refractivity contribution in [3.05, 3.63) is 71.3 Å². The van der Waals surface area contributed by atoms with Crippen molar-refractivity contribution in [3.8, 4) is 0 Å². The van der Waals surface area contributed by atoms with Crippen LogP contribution in [0.4, 0.5) is 0 Å². The van der Waals surface area contributed by atoms with Crippen LogP contribution in [0.15, 0.2) is 54.6 Å². The first kappa shape index (κ1) is 20.1. The van der Waals surface area contributed by atoms with Gasteiger partial charge in [0, 0.05) is 19.6 Å². The molecule has 1 saturated heterocycles. The summed E-state index contributed by atoms with van der Waals surface area (Å²) in [4.78, 5) is 29.3. The van der Waals surface area contributed by atoms with Gasteiger partial charge in [-0.2, -0.15) is 0 Å². The number of likely N-dealkylation sites (tertiary alicyclic amines) is 1. The molecule has 1 atom stereocenters. The number of rotatable bonds is 7. The molecule has 1 N–H and O–H groups in total. The van der Waals surface area contributed by atoms with Gasteiger partial charge in [-0.1, -0.05) is 54.6 Å². The van der Waals surface area contributed by atoms with Crippen LogP contribution in [0, 0.1) is 0 Å². The maximum Gasteiger partial charge on any atom is 0.243 e. The van der Waals surface area contributed by atoms with Crippen molar-refractivity contribution in [2.75, 3.05) is 20.6 Å². The molecule has 0 bridgehead atoms. The number of hydrogen-bond donors (Lipinski definition) is 1. The van der Waals surface area contributed by atoms with Crippen LogP contribution in [-0.2, 0) is 29.1 Å². The molecule has 2 aromatic rings. The lowest BCUT2D eigenvalue weighted by Gasteiger charge is -2.24. The normalized spacial score (nSPS) is 16.4. The fraction of sp³-hybridized carbons (Fsp3) is 0.391. The minimum Gasteiger partial charge on any atom is -0.350 e. The van der Waals surface area contributed by atoms with Crippen LogP contribution in [0.25, 0.3) is 0 Å². The summed E-state index contributed by atoms with van der Waals surface area (Å²) in [5.74, 6) is -0.0336. The van der Waals surface area contributed by atoms with Gasteiger partial charge >= 0.3 is 0 Å². The van der Waals surface area contributed by atoms with Crippen molar-refractivity contribution in [3.63, 3.8) is 0 Å². The number of benzene rings is 2. The van der Waals surface area contributed by atoms with Crippen LogP contribution >= 0.6 is 0 Å². The van der Waals surface area contributed by atoms with Crippen molar-refractivity contribution in [1.29, 1.82) is 0 Å². The first-order chi connectivity index (χ1) is 13.5.